The van der Waals surface area contributed by atoms with Crippen LogP contribution < -0.4 is 4.90 Å². The summed E-state index contributed by atoms with van der Waals surface area (Å²) in [7, 11) is 0. The molecule has 2 atom stereocenters. The summed E-state index contributed by atoms with van der Waals surface area (Å²) in [5.41, 5.74) is 0.440. The normalized spacial score (nSPS) is 26.5. The maximum absolute atomic E-state index is 11.7. The van der Waals surface area contributed by atoms with Crippen LogP contribution >= 0.6 is 11.3 Å². The van der Waals surface area contributed by atoms with Crippen molar-refractivity contribution in [3.63, 3.8) is 0 Å². The number of esters is 1. The van der Waals surface area contributed by atoms with Crippen LogP contribution in [0.5, 0.6) is 0 Å². The summed E-state index contributed by atoms with van der Waals surface area (Å²) in [5.74, 6) is -0.316. The SMILES string of the molecule is CCOC(=O)c1csc(N2CC3CCCCN3CC2C)n1. The van der Waals surface area contributed by atoms with Crippen molar-refractivity contribution in [3.05, 3.63) is 11.1 Å². The van der Waals surface area contributed by atoms with E-state index in [0.717, 1.165) is 18.2 Å². The Morgan fingerprint density at radius 2 is 2.33 bits per heavy atom. The van der Waals surface area contributed by atoms with Gasteiger partial charge in [0.1, 0.15) is 0 Å². The number of anilines is 1. The van der Waals surface area contributed by atoms with Gasteiger partial charge in [-0.2, -0.15) is 0 Å². The molecule has 3 heterocycles. The van der Waals surface area contributed by atoms with Gasteiger partial charge in [-0.3, -0.25) is 4.90 Å². The molecule has 0 aromatic carbocycles. The van der Waals surface area contributed by atoms with E-state index >= 15 is 0 Å². The molecule has 2 aliphatic rings. The minimum absolute atomic E-state index is 0.316. The molecule has 116 valence electrons. The molecule has 1 aromatic heterocycles. The van der Waals surface area contributed by atoms with Crippen LogP contribution in [-0.4, -0.2) is 54.2 Å². The van der Waals surface area contributed by atoms with Gasteiger partial charge >= 0.3 is 5.97 Å². The Hall–Kier alpha value is -1.14. The highest BCUT2D eigenvalue weighted by Crippen LogP contribution is 2.30. The van der Waals surface area contributed by atoms with Crippen molar-refractivity contribution in [2.75, 3.05) is 31.1 Å². The highest BCUT2D eigenvalue weighted by Gasteiger charge is 2.34. The summed E-state index contributed by atoms with van der Waals surface area (Å²) < 4.78 is 5.02. The third kappa shape index (κ3) is 3.06. The largest absolute Gasteiger partial charge is 0.461 e. The number of nitrogens with zero attached hydrogens (tertiary/aromatic N) is 3. The van der Waals surface area contributed by atoms with Crippen molar-refractivity contribution >= 4 is 22.4 Å². The Balaban J connectivity index is 1.72. The number of carbonyl (C=O) groups is 1. The van der Waals surface area contributed by atoms with E-state index in [9.17, 15) is 4.79 Å². The molecule has 0 spiro atoms. The molecule has 0 N–H and O–H groups in total. The van der Waals surface area contributed by atoms with Crippen LogP contribution in [0.2, 0.25) is 0 Å². The first-order valence-corrected chi connectivity index (χ1v) is 8.70. The molecule has 0 aliphatic carbocycles. The van der Waals surface area contributed by atoms with Crippen molar-refractivity contribution in [2.45, 2.75) is 45.2 Å². The van der Waals surface area contributed by atoms with Gasteiger partial charge in [-0.05, 0) is 33.2 Å². The summed E-state index contributed by atoms with van der Waals surface area (Å²) in [6, 6.07) is 1.09. The van der Waals surface area contributed by atoms with Crippen LogP contribution in [-0.2, 0) is 4.74 Å². The fourth-order valence-electron chi connectivity index (χ4n) is 3.31. The van der Waals surface area contributed by atoms with E-state index in [1.165, 1.54) is 25.8 Å². The maximum Gasteiger partial charge on any atom is 0.357 e. The summed E-state index contributed by atoms with van der Waals surface area (Å²) in [6.45, 7) is 7.80. The second-order valence-corrected chi connectivity index (χ2v) is 6.72. The molecule has 5 nitrogen and oxygen atoms in total. The van der Waals surface area contributed by atoms with E-state index in [1.807, 2.05) is 12.3 Å². The summed E-state index contributed by atoms with van der Waals surface area (Å²) in [6.07, 6.45) is 3.93. The molecule has 2 saturated heterocycles. The lowest BCUT2D eigenvalue weighted by Gasteiger charge is -2.47. The zero-order valence-electron chi connectivity index (χ0n) is 12.7. The van der Waals surface area contributed by atoms with E-state index in [-0.39, 0.29) is 5.97 Å². The van der Waals surface area contributed by atoms with Crippen molar-refractivity contribution in [1.29, 1.82) is 0 Å². The molecular formula is C15H23N3O2S. The summed E-state index contributed by atoms with van der Waals surface area (Å²) in [5, 5.41) is 2.77. The monoisotopic (exact) mass is 309 g/mol. The highest BCUT2D eigenvalue weighted by molar-refractivity contribution is 7.13. The van der Waals surface area contributed by atoms with Crippen LogP contribution in [0.15, 0.2) is 5.38 Å². The van der Waals surface area contributed by atoms with Gasteiger partial charge in [0, 0.05) is 30.6 Å². The molecular weight excluding hydrogens is 286 g/mol. The third-order valence-electron chi connectivity index (χ3n) is 4.41. The first-order valence-electron chi connectivity index (χ1n) is 7.82. The third-order valence-corrected chi connectivity index (χ3v) is 5.29. The number of carbonyl (C=O) groups excluding carboxylic acids is 1. The molecule has 0 radical (unpaired) electrons. The molecule has 0 bridgehead atoms. The van der Waals surface area contributed by atoms with Crippen LogP contribution in [0.3, 0.4) is 0 Å². The Bertz CT molecular complexity index is 505. The molecule has 2 unspecified atom stereocenters. The fourth-order valence-corrected chi connectivity index (χ4v) is 4.22. The first-order chi connectivity index (χ1) is 10.2. The second kappa shape index (κ2) is 6.32. The van der Waals surface area contributed by atoms with E-state index in [0.29, 0.717) is 24.4 Å². The Morgan fingerprint density at radius 1 is 1.48 bits per heavy atom. The quantitative estimate of drug-likeness (QED) is 0.802. The van der Waals surface area contributed by atoms with Crippen LogP contribution in [0.4, 0.5) is 5.13 Å². The molecule has 3 rings (SSSR count). The first kappa shape index (κ1) is 14.8. The Morgan fingerprint density at radius 3 is 3.14 bits per heavy atom. The second-order valence-electron chi connectivity index (χ2n) is 5.88. The predicted molar refractivity (Wildman–Crippen MR) is 84.1 cm³/mol. The molecule has 21 heavy (non-hydrogen) atoms. The molecule has 0 saturated carbocycles. The van der Waals surface area contributed by atoms with Gasteiger partial charge in [0.05, 0.1) is 6.61 Å². The lowest BCUT2D eigenvalue weighted by atomic mass is 9.97. The van der Waals surface area contributed by atoms with E-state index in [2.05, 4.69) is 21.7 Å². The van der Waals surface area contributed by atoms with Crippen molar-refractivity contribution in [3.8, 4) is 0 Å². The number of hydrogen-bond donors (Lipinski definition) is 0. The number of piperazine rings is 1. The zero-order chi connectivity index (χ0) is 14.8. The Labute approximate surface area is 129 Å². The Kier molecular flexibility index (Phi) is 4.45. The molecule has 6 heteroatoms. The van der Waals surface area contributed by atoms with Crippen molar-refractivity contribution < 1.29 is 9.53 Å². The molecule has 0 amide bonds. The van der Waals surface area contributed by atoms with Crippen molar-refractivity contribution in [1.82, 2.24) is 9.88 Å². The predicted octanol–water partition coefficient (Wildman–Crippen LogP) is 2.38. The number of rotatable bonds is 3. The van der Waals surface area contributed by atoms with E-state index in [1.54, 1.807) is 11.3 Å². The lowest BCUT2D eigenvalue weighted by molar-refractivity contribution is 0.0520. The summed E-state index contributed by atoms with van der Waals surface area (Å²) in [4.78, 5) is 21.2. The van der Waals surface area contributed by atoms with E-state index in [4.69, 9.17) is 4.74 Å². The van der Waals surface area contributed by atoms with Gasteiger partial charge in [0.25, 0.3) is 0 Å². The van der Waals surface area contributed by atoms with Gasteiger partial charge in [0.15, 0.2) is 10.8 Å². The average Bonchev–Trinajstić information content (AvgIpc) is 2.96. The van der Waals surface area contributed by atoms with Gasteiger partial charge in [-0.1, -0.05) is 6.42 Å². The summed E-state index contributed by atoms with van der Waals surface area (Å²) >= 11 is 1.55. The van der Waals surface area contributed by atoms with Gasteiger partial charge < -0.3 is 9.64 Å². The minimum atomic E-state index is -0.316. The highest BCUT2D eigenvalue weighted by atomic mass is 32.1. The van der Waals surface area contributed by atoms with Crippen LogP contribution in [0.25, 0.3) is 0 Å². The maximum atomic E-state index is 11.7. The molecule has 1 aromatic rings. The number of fused-ring (bicyclic) bond motifs is 1. The average molecular weight is 309 g/mol. The van der Waals surface area contributed by atoms with Gasteiger partial charge in [-0.25, -0.2) is 9.78 Å². The number of aromatic nitrogens is 1. The van der Waals surface area contributed by atoms with Crippen molar-refractivity contribution in [2.24, 2.45) is 0 Å². The molecule has 2 aliphatic heterocycles. The number of ether oxygens (including phenoxy) is 1. The fraction of sp³-hybridized carbons (Fsp3) is 0.733. The van der Waals surface area contributed by atoms with E-state index < -0.39 is 0 Å². The minimum Gasteiger partial charge on any atom is -0.461 e. The number of hydrogen-bond acceptors (Lipinski definition) is 6. The smallest absolute Gasteiger partial charge is 0.357 e. The standard InChI is InChI=1S/C15H23N3O2S/c1-3-20-14(19)13-10-21-15(16-13)18-9-12-6-4-5-7-17(12)8-11(18)2/h10-12H,3-9H2,1-2H3. The van der Waals surface area contributed by atoms with Crippen LogP contribution in [0, 0.1) is 0 Å². The van der Waals surface area contributed by atoms with Gasteiger partial charge in [0.2, 0.25) is 0 Å². The van der Waals surface area contributed by atoms with Crippen LogP contribution in [0.1, 0.15) is 43.6 Å². The van der Waals surface area contributed by atoms with Gasteiger partial charge in [-0.15, -0.1) is 11.3 Å². The molecule has 2 fully saturated rings. The zero-order valence-corrected chi connectivity index (χ0v) is 13.6. The topological polar surface area (TPSA) is 45.7 Å². The number of piperidine rings is 1. The lowest BCUT2D eigenvalue weighted by Crippen LogP contribution is -2.58. The number of thiazole rings is 1.